The average Bonchev–Trinajstić information content (AvgIpc) is 3.25. The Labute approximate surface area is 176 Å². The van der Waals surface area contributed by atoms with E-state index in [4.69, 9.17) is 9.16 Å². The standard InChI is InChI=1S/C24H36O4Si/c1-4-29(5-2,6-3)28-23-17-22-21(16-24(26)27-22)20(23)15-14-19(25)13-12-18-10-8-7-9-11-18/h7-11,14-15,19-23,25H,4-6,12-13,16-17H2,1-3H3/b15-14+/t19-,20+,21+,22?,23+/m0/s1. The number of fused-ring (bicyclic) bond motifs is 1. The summed E-state index contributed by atoms with van der Waals surface area (Å²) in [7, 11) is -1.74. The molecule has 1 unspecified atom stereocenters. The van der Waals surface area contributed by atoms with E-state index in [1.807, 2.05) is 24.3 Å². The van der Waals surface area contributed by atoms with Gasteiger partial charge in [-0.1, -0.05) is 63.3 Å². The maximum Gasteiger partial charge on any atom is 0.306 e. The number of aliphatic hydroxyl groups excluding tert-OH is 1. The highest BCUT2D eigenvalue weighted by Crippen LogP contribution is 2.45. The summed E-state index contributed by atoms with van der Waals surface area (Å²) in [6.45, 7) is 6.73. The van der Waals surface area contributed by atoms with Crippen molar-refractivity contribution in [3.8, 4) is 0 Å². The van der Waals surface area contributed by atoms with Crippen LogP contribution in [0.3, 0.4) is 0 Å². The molecule has 0 spiro atoms. The first-order valence-electron chi connectivity index (χ1n) is 11.3. The minimum absolute atomic E-state index is 0.0270. The van der Waals surface area contributed by atoms with Crippen molar-refractivity contribution < 1.29 is 19.1 Å². The van der Waals surface area contributed by atoms with Crippen LogP contribution in [0.2, 0.25) is 18.1 Å². The maximum absolute atomic E-state index is 11.8. The highest BCUT2D eigenvalue weighted by atomic mass is 28.4. The molecule has 4 nitrogen and oxygen atoms in total. The molecule has 0 bridgehead atoms. The van der Waals surface area contributed by atoms with Crippen molar-refractivity contribution in [1.29, 1.82) is 0 Å². The summed E-state index contributed by atoms with van der Waals surface area (Å²) in [5.41, 5.74) is 1.24. The molecule has 1 aliphatic heterocycles. The van der Waals surface area contributed by atoms with Crippen LogP contribution < -0.4 is 0 Å². The largest absolute Gasteiger partial charge is 0.462 e. The van der Waals surface area contributed by atoms with E-state index in [0.717, 1.165) is 31.0 Å². The monoisotopic (exact) mass is 416 g/mol. The molecule has 5 atom stereocenters. The number of aliphatic hydroxyl groups is 1. The first kappa shape index (κ1) is 22.3. The van der Waals surface area contributed by atoms with Gasteiger partial charge in [-0.2, -0.15) is 0 Å². The van der Waals surface area contributed by atoms with Gasteiger partial charge in [0.25, 0.3) is 0 Å². The zero-order valence-electron chi connectivity index (χ0n) is 18.0. The Bertz CT molecular complexity index is 677. The molecule has 0 radical (unpaired) electrons. The van der Waals surface area contributed by atoms with Gasteiger partial charge in [-0.15, -0.1) is 0 Å². The van der Waals surface area contributed by atoms with Gasteiger partial charge in [0.05, 0.1) is 18.6 Å². The minimum atomic E-state index is -1.74. The third kappa shape index (κ3) is 5.38. The van der Waals surface area contributed by atoms with Crippen molar-refractivity contribution in [2.45, 2.75) is 82.9 Å². The van der Waals surface area contributed by atoms with Crippen molar-refractivity contribution >= 4 is 14.3 Å². The number of carbonyl (C=O) groups excluding carboxylic acids is 1. The molecule has 2 fully saturated rings. The Morgan fingerprint density at radius 2 is 1.90 bits per heavy atom. The number of hydrogen-bond donors (Lipinski definition) is 1. The fourth-order valence-electron chi connectivity index (χ4n) is 4.92. The molecule has 5 heteroatoms. The van der Waals surface area contributed by atoms with E-state index < -0.39 is 14.4 Å². The second-order valence-electron chi connectivity index (χ2n) is 8.59. The number of hydrogen-bond acceptors (Lipinski definition) is 4. The van der Waals surface area contributed by atoms with Crippen molar-refractivity contribution in [2.75, 3.05) is 0 Å². The van der Waals surface area contributed by atoms with Gasteiger partial charge in [0.15, 0.2) is 8.32 Å². The Morgan fingerprint density at radius 1 is 1.21 bits per heavy atom. The number of ether oxygens (including phenoxy) is 1. The van der Waals surface area contributed by atoms with Gasteiger partial charge in [0.1, 0.15) is 6.10 Å². The van der Waals surface area contributed by atoms with Crippen molar-refractivity contribution in [1.82, 2.24) is 0 Å². The SMILES string of the molecule is CC[Si](CC)(CC)O[C@@H]1CC2OC(=O)C[C@@H]2[C@H]1/C=C/[C@@H](O)CCc1ccccc1. The van der Waals surface area contributed by atoms with Crippen LogP contribution in [0, 0.1) is 11.8 Å². The molecule has 0 aromatic heterocycles. The maximum atomic E-state index is 11.8. The Morgan fingerprint density at radius 3 is 2.55 bits per heavy atom. The molecule has 1 saturated carbocycles. The van der Waals surface area contributed by atoms with Gasteiger partial charge in [0.2, 0.25) is 0 Å². The Kier molecular flexibility index (Phi) is 7.71. The zero-order chi connectivity index (χ0) is 20.9. The van der Waals surface area contributed by atoms with Crippen molar-refractivity contribution in [2.24, 2.45) is 11.8 Å². The zero-order valence-corrected chi connectivity index (χ0v) is 19.0. The van der Waals surface area contributed by atoms with Crippen molar-refractivity contribution in [3.05, 3.63) is 48.0 Å². The molecule has 160 valence electrons. The summed E-state index contributed by atoms with van der Waals surface area (Å²) in [6.07, 6.45) is 6.43. The quantitative estimate of drug-likeness (QED) is 0.336. The topological polar surface area (TPSA) is 55.8 Å². The van der Waals surface area contributed by atoms with E-state index >= 15 is 0 Å². The lowest BCUT2D eigenvalue weighted by atomic mass is 9.91. The molecule has 1 N–H and O–H groups in total. The Balaban J connectivity index is 1.66. The molecule has 2 aliphatic rings. The third-order valence-electron chi connectivity index (χ3n) is 7.01. The van der Waals surface area contributed by atoms with Crippen LogP contribution in [0.5, 0.6) is 0 Å². The van der Waals surface area contributed by atoms with E-state index in [9.17, 15) is 9.90 Å². The molecular formula is C24H36O4Si. The molecule has 29 heavy (non-hydrogen) atoms. The summed E-state index contributed by atoms with van der Waals surface area (Å²) >= 11 is 0. The molecule has 1 heterocycles. The van der Waals surface area contributed by atoms with Crippen LogP contribution in [0.15, 0.2) is 42.5 Å². The van der Waals surface area contributed by atoms with Gasteiger partial charge in [0, 0.05) is 18.3 Å². The number of rotatable bonds is 10. The van der Waals surface area contributed by atoms with Gasteiger partial charge in [-0.25, -0.2) is 0 Å². The van der Waals surface area contributed by atoms with Crippen LogP contribution in [0.25, 0.3) is 0 Å². The average molecular weight is 417 g/mol. The molecule has 3 rings (SSSR count). The number of aryl methyl sites for hydroxylation is 1. The second-order valence-corrected chi connectivity index (χ2v) is 13.3. The molecule has 1 aliphatic carbocycles. The predicted octanol–water partition coefficient (Wildman–Crippen LogP) is 4.88. The van der Waals surface area contributed by atoms with E-state index in [1.54, 1.807) is 0 Å². The number of benzene rings is 1. The summed E-state index contributed by atoms with van der Waals surface area (Å²) in [5.74, 6) is 0.239. The number of esters is 1. The fourth-order valence-corrected chi connectivity index (χ4v) is 7.82. The van der Waals surface area contributed by atoms with Gasteiger partial charge in [-0.3, -0.25) is 4.79 Å². The Hall–Kier alpha value is -1.43. The van der Waals surface area contributed by atoms with Crippen LogP contribution >= 0.6 is 0 Å². The van der Waals surface area contributed by atoms with Crippen LogP contribution in [-0.2, 0) is 20.4 Å². The van der Waals surface area contributed by atoms with Gasteiger partial charge in [-0.05, 0) is 36.5 Å². The normalized spacial score (nSPS) is 27.9. The molecule has 1 aromatic rings. The lowest BCUT2D eigenvalue weighted by Gasteiger charge is -2.34. The summed E-state index contributed by atoms with van der Waals surface area (Å²) in [4.78, 5) is 11.8. The smallest absolute Gasteiger partial charge is 0.306 e. The van der Waals surface area contributed by atoms with Crippen LogP contribution in [-0.4, -0.2) is 37.7 Å². The summed E-state index contributed by atoms with van der Waals surface area (Å²) < 4.78 is 12.4. The molecule has 1 saturated heterocycles. The van der Waals surface area contributed by atoms with E-state index in [2.05, 4.69) is 39.0 Å². The predicted molar refractivity (Wildman–Crippen MR) is 118 cm³/mol. The van der Waals surface area contributed by atoms with Crippen LogP contribution in [0.1, 0.15) is 45.6 Å². The third-order valence-corrected chi connectivity index (χ3v) is 11.7. The van der Waals surface area contributed by atoms with E-state index in [0.29, 0.717) is 12.8 Å². The summed E-state index contributed by atoms with van der Waals surface area (Å²) in [6, 6.07) is 13.6. The first-order chi connectivity index (χ1) is 14.0. The lowest BCUT2D eigenvalue weighted by Crippen LogP contribution is -2.41. The highest BCUT2D eigenvalue weighted by molar-refractivity contribution is 6.73. The van der Waals surface area contributed by atoms with Gasteiger partial charge >= 0.3 is 5.97 Å². The fraction of sp³-hybridized carbons (Fsp3) is 0.625. The van der Waals surface area contributed by atoms with Crippen molar-refractivity contribution in [3.63, 3.8) is 0 Å². The van der Waals surface area contributed by atoms with Gasteiger partial charge < -0.3 is 14.3 Å². The summed E-state index contributed by atoms with van der Waals surface area (Å²) in [5, 5.41) is 10.5. The molecule has 1 aromatic carbocycles. The van der Waals surface area contributed by atoms with Crippen LogP contribution in [0.4, 0.5) is 0 Å². The highest BCUT2D eigenvalue weighted by Gasteiger charge is 2.51. The minimum Gasteiger partial charge on any atom is -0.462 e. The first-order valence-corrected chi connectivity index (χ1v) is 13.8. The lowest BCUT2D eigenvalue weighted by molar-refractivity contribution is -0.141. The number of carbonyl (C=O) groups is 1. The molecular weight excluding hydrogens is 380 g/mol. The molecule has 0 amide bonds. The second kappa shape index (κ2) is 10.1. The van der Waals surface area contributed by atoms with E-state index in [1.165, 1.54) is 5.56 Å². The van der Waals surface area contributed by atoms with E-state index in [-0.39, 0.29) is 30.0 Å².